The lowest BCUT2D eigenvalue weighted by Gasteiger charge is -2.01. The van der Waals surface area contributed by atoms with Gasteiger partial charge in [0.1, 0.15) is 0 Å². The highest BCUT2D eigenvalue weighted by molar-refractivity contribution is 9.10. The number of benzene rings is 2. The lowest BCUT2D eigenvalue weighted by atomic mass is 10.1. The zero-order chi connectivity index (χ0) is 11.4. The Kier molecular flexibility index (Phi) is 3.25. The predicted octanol–water partition coefficient (Wildman–Crippen LogP) is 5.06. The lowest BCUT2D eigenvalue weighted by Crippen LogP contribution is -1.76. The largest absolute Gasteiger partial charge is 0.0608 e. The third-order valence-corrected chi connectivity index (χ3v) is 2.73. The van der Waals surface area contributed by atoms with Crippen molar-refractivity contribution >= 4 is 21.6 Å². The van der Waals surface area contributed by atoms with Crippen molar-refractivity contribution in [3.63, 3.8) is 0 Å². The summed E-state index contributed by atoms with van der Waals surface area (Å²) in [6.07, 6.45) is 0. The van der Waals surface area contributed by atoms with E-state index in [1.54, 1.807) is 12.1 Å². The molecular formula is C12H8BrN3. The van der Waals surface area contributed by atoms with Gasteiger partial charge in [0.15, 0.2) is 0 Å². The maximum absolute atomic E-state index is 8.29. The minimum Gasteiger partial charge on any atom is -0.0608 e. The lowest BCUT2D eigenvalue weighted by molar-refractivity contribution is 1.47. The molecule has 0 aromatic heterocycles. The Morgan fingerprint density at radius 3 is 1.88 bits per heavy atom. The van der Waals surface area contributed by atoms with E-state index in [0.717, 1.165) is 15.6 Å². The van der Waals surface area contributed by atoms with Crippen molar-refractivity contribution in [2.75, 3.05) is 0 Å². The Morgan fingerprint density at radius 2 is 1.38 bits per heavy atom. The molecule has 0 aliphatic carbocycles. The summed E-state index contributed by atoms with van der Waals surface area (Å²) in [5.41, 5.74) is 11.2. The van der Waals surface area contributed by atoms with Crippen molar-refractivity contribution in [1.29, 1.82) is 0 Å². The van der Waals surface area contributed by atoms with Crippen LogP contribution in [0.25, 0.3) is 21.6 Å². The van der Waals surface area contributed by atoms with Gasteiger partial charge in [0, 0.05) is 15.1 Å². The number of hydrogen-bond donors (Lipinski definition) is 0. The van der Waals surface area contributed by atoms with Crippen LogP contribution in [-0.2, 0) is 0 Å². The summed E-state index contributed by atoms with van der Waals surface area (Å²) in [7, 11) is 0. The smallest absolute Gasteiger partial charge is 0.0375 e. The van der Waals surface area contributed by atoms with Gasteiger partial charge in [0.05, 0.1) is 0 Å². The number of azide groups is 1. The fourth-order valence-corrected chi connectivity index (χ4v) is 1.68. The Morgan fingerprint density at radius 1 is 0.875 bits per heavy atom. The number of halogens is 1. The van der Waals surface area contributed by atoms with Crippen LogP contribution in [0.5, 0.6) is 0 Å². The van der Waals surface area contributed by atoms with Gasteiger partial charge in [0.25, 0.3) is 0 Å². The van der Waals surface area contributed by atoms with E-state index in [9.17, 15) is 0 Å². The van der Waals surface area contributed by atoms with Gasteiger partial charge in [-0.25, -0.2) is 0 Å². The molecule has 16 heavy (non-hydrogen) atoms. The maximum Gasteiger partial charge on any atom is 0.0375 e. The molecule has 78 valence electrons. The van der Waals surface area contributed by atoms with E-state index >= 15 is 0 Å². The first kappa shape index (κ1) is 10.7. The topological polar surface area (TPSA) is 48.8 Å². The third kappa shape index (κ3) is 2.42. The molecule has 2 aromatic carbocycles. The van der Waals surface area contributed by atoms with E-state index in [4.69, 9.17) is 5.53 Å². The van der Waals surface area contributed by atoms with Crippen molar-refractivity contribution in [3.8, 4) is 11.1 Å². The highest BCUT2D eigenvalue weighted by atomic mass is 79.9. The van der Waals surface area contributed by atoms with Gasteiger partial charge in [-0.15, -0.1) is 0 Å². The van der Waals surface area contributed by atoms with Crippen LogP contribution >= 0.6 is 15.9 Å². The summed E-state index contributed by atoms with van der Waals surface area (Å²) in [4.78, 5) is 2.74. The summed E-state index contributed by atoms with van der Waals surface area (Å²) < 4.78 is 1.06. The van der Waals surface area contributed by atoms with E-state index in [1.807, 2.05) is 36.4 Å². The molecule has 0 fully saturated rings. The third-order valence-electron chi connectivity index (χ3n) is 2.21. The van der Waals surface area contributed by atoms with Crippen LogP contribution in [0.15, 0.2) is 58.1 Å². The van der Waals surface area contributed by atoms with Crippen molar-refractivity contribution < 1.29 is 0 Å². The Labute approximate surface area is 101 Å². The van der Waals surface area contributed by atoms with Gasteiger partial charge in [0.2, 0.25) is 0 Å². The zero-order valence-corrected chi connectivity index (χ0v) is 9.92. The number of rotatable bonds is 2. The quantitative estimate of drug-likeness (QED) is 0.417. The van der Waals surface area contributed by atoms with Crippen molar-refractivity contribution in [2.24, 2.45) is 5.11 Å². The molecular weight excluding hydrogens is 266 g/mol. The summed E-state index contributed by atoms with van der Waals surface area (Å²) >= 11 is 3.39. The molecule has 0 saturated carbocycles. The molecule has 2 rings (SSSR count). The molecule has 0 aliphatic heterocycles. The van der Waals surface area contributed by atoms with Crippen LogP contribution in [0.1, 0.15) is 0 Å². The molecule has 0 heterocycles. The van der Waals surface area contributed by atoms with Crippen LogP contribution in [0.2, 0.25) is 0 Å². The molecule has 0 atom stereocenters. The van der Waals surface area contributed by atoms with Gasteiger partial charge in [-0.1, -0.05) is 57.4 Å². The molecule has 0 N–H and O–H groups in total. The van der Waals surface area contributed by atoms with Crippen LogP contribution in [0, 0.1) is 0 Å². The predicted molar refractivity (Wildman–Crippen MR) is 68.4 cm³/mol. The standard InChI is InChI=1S/C12H8BrN3/c13-11-5-1-9(2-6-11)10-3-7-12(8-4-10)15-16-14/h1-8H. The van der Waals surface area contributed by atoms with Crippen LogP contribution < -0.4 is 0 Å². The van der Waals surface area contributed by atoms with Crippen molar-refractivity contribution in [2.45, 2.75) is 0 Å². The second-order valence-corrected chi connectivity index (χ2v) is 4.16. The molecule has 0 aliphatic rings. The number of nitrogens with zero attached hydrogens (tertiary/aromatic N) is 3. The highest BCUT2D eigenvalue weighted by Crippen LogP contribution is 2.24. The molecule has 4 heteroatoms. The van der Waals surface area contributed by atoms with Crippen molar-refractivity contribution in [3.05, 3.63) is 63.4 Å². The first-order valence-corrected chi connectivity index (χ1v) is 5.50. The summed E-state index contributed by atoms with van der Waals surface area (Å²) in [6.45, 7) is 0. The minimum absolute atomic E-state index is 0.628. The zero-order valence-electron chi connectivity index (χ0n) is 8.34. The van der Waals surface area contributed by atoms with Crippen LogP contribution in [-0.4, -0.2) is 0 Å². The van der Waals surface area contributed by atoms with Gasteiger partial charge in [-0.05, 0) is 28.8 Å². The molecule has 0 unspecified atom stereocenters. The summed E-state index contributed by atoms with van der Waals surface area (Å²) in [5, 5.41) is 3.53. The van der Waals surface area contributed by atoms with Crippen LogP contribution in [0.3, 0.4) is 0 Å². The normalized spacial score (nSPS) is 9.56. The molecule has 2 aromatic rings. The van der Waals surface area contributed by atoms with Gasteiger partial charge in [-0.3, -0.25) is 0 Å². The number of hydrogen-bond acceptors (Lipinski definition) is 1. The van der Waals surface area contributed by atoms with E-state index < -0.39 is 0 Å². The molecule has 0 spiro atoms. The van der Waals surface area contributed by atoms with Crippen LogP contribution in [0.4, 0.5) is 5.69 Å². The average molecular weight is 274 g/mol. The molecule has 3 nitrogen and oxygen atoms in total. The highest BCUT2D eigenvalue weighted by Gasteiger charge is 1.97. The Balaban J connectivity index is 2.34. The summed E-state index contributed by atoms with van der Waals surface area (Å²) in [6, 6.07) is 15.5. The first-order chi connectivity index (χ1) is 7.79. The average Bonchev–Trinajstić information content (AvgIpc) is 2.32. The first-order valence-electron chi connectivity index (χ1n) is 4.71. The van der Waals surface area contributed by atoms with E-state index in [1.165, 1.54) is 0 Å². The molecule has 0 amide bonds. The van der Waals surface area contributed by atoms with Gasteiger partial charge < -0.3 is 0 Å². The van der Waals surface area contributed by atoms with Gasteiger partial charge >= 0.3 is 0 Å². The van der Waals surface area contributed by atoms with E-state index in [2.05, 4.69) is 26.0 Å². The summed E-state index contributed by atoms with van der Waals surface area (Å²) in [5.74, 6) is 0. The Hall–Kier alpha value is -1.77. The van der Waals surface area contributed by atoms with E-state index in [-0.39, 0.29) is 0 Å². The van der Waals surface area contributed by atoms with Gasteiger partial charge in [-0.2, -0.15) is 0 Å². The monoisotopic (exact) mass is 273 g/mol. The molecule has 0 radical (unpaired) electrons. The minimum atomic E-state index is 0.628. The Bertz CT molecular complexity index is 525. The fraction of sp³-hybridized carbons (Fsp3) is 0. The second-order valence-electron chi connectivity index (χ2n) is 3.24. The second kappa shape index (κ2) is 4.84. The SMILES string of the molecule is [N-]=[N+]=Nc1ccc(-c2ccc(Br)cc2)cc1. The van der Waals surface area contributed by atoms with Crippen molar-refractivity contribution in [1.82, 2.24) is 0 Å². The fourth-order valence-electron chi connectivity index (χ4n) is 1.41. The molecule has 0 bridgehead atoms. The molecule has 0 saturated heterocycles. The van der Waals surface area contributed by atoms with E-state index in [0.29, 0.717) is 5.69 Å². The maximum atomic E-state index is 8.29.